The highest BCUT2D eigenvalue weighted by Crippen LogP contribution is 2.18. The van der Waals surface area contributed by atoms with Gasteiger partial charge in [0.1, 0.15) is 6.54 Å². The molecule has 1 saturated heterocycles. The third-order valence-corrected chi connectivity index (χ3v) is 3.25. The lowest BCUT2D eigenvalue weighted by Crippen LogP contribution is -2.28. The Balaban J connectivity index is 2.29. The number of nitrogens with one attached hydrogen (secondary N) is 1. The minimum absolute atomic E-state index is 0.123. The lowest BCUT2D eigenvalue weighted by atomic mass is 10.1. The molecule has 1 unspecified atom stereocenters. The molecule has 4 nitrogen and oxygen atoms in total. The molecule has 0 saturated carbocycles. The van der Waals surface area contributed by atoms with E-state index in [9.17, 15) is 4.79 Å². The first-order valence-corrected chi connectivity index (χ1v) is 6.69. The summed E-state index contributed by atoms with van der Waals surface area (Å²) >= 11 is 1.68. The van der Waals surface area contributed by atoms with Gasteiger partial charge in [-0.05, 0) is 19.3 Å². The second-order valence-electron chi connectivity index (χ2n) is 4.21. The number of hydrogen-bond donors (Lipinski definition) is 1. The predicted molar refractivity (Wildman–Crippen MR) is 67.8 cm³/mol. The van der Waals surface area contributed by atoms with E-state index in [2.05, 4.69) is 24.2 Å². The van der Waals surface area contributed by atoms with Gasteiger partial charge in [-0.2, -0.15) is 0 Å². The van der Waals surface area contributed by atoms with Crippen molar-refractivity contribution in [3.8, 4) is 0 Å². The molecule has 0 aromatic rings. The van der Waals surface area contributed by atoms with Crippen molar-refractivity contribution >= 4 is 22.9 Å². The molecule has 16 heavy (non-hydrogen) atoms. The maximum atomic E-state index is 11.1. The molecule has 0 aromatic carbocycles. The number of esters is 1. The van der Waals surface area contributed by atoms with Gasteiger partial charge in [0.15, 0.2) is 5.17 Å². The van der Waals surface area contributed by atoms with Crippen LogP contribution in [-0.2, 0) is 9.53 Å². The summed E-state index contributed by atoms with van der Waals surface area (Å²) in [5.74, 6) is 1.46. The van der Waals surface area contributed by atoms with Crippen LogP contribution >= 0.6 is 11.8 Å². The van der Waals surface area contributed by atoms with Crippen LogP contribution in [0.4, 0.5) is 0 Å². The Bertz CT molecular complexity index is 267. The Morgan fingerprint density at radius 3 is 3.06 bits per heavy atom. The average molecular weight is 244 g/mol. The number of thioether (sulfide) groups is 1. The highest BCUT2D eigenvalue weighted by Gasteiger charge is 2.20. The summed E-state index contributed by atoms with van der Waals surface area (Å²) in [5.41, 5.74) is 0. The summed E-state index contributed by atoms with van der Waals surface area (Å²) in [7, 11) is 0. The van der Waals surface area contributed by atoms with Crippen molar-refractivity contribution in [2.75, 3.05) is 18.9 Å². The number of hydrogen-bond acceptors (Lipinski definition) is 4. The number of carbonyl (C=O) groups excluding carboxylic acids is 1. The van der Waals surface area contributed by atoms with Crippen molar-refractivity contribution in [1.29, 1.82) is 0 Å². The van der Waals surface area contributed by atoms with Gasteiger partial charge < -0.3 is 10.1 Å². The minimum Gasteiger partial charge on any atom is -0.465 e. The number of ether oxygens (including phenoxy) is 1. The number of nitrogens with zero attached hydrogens (tertiary/aromatic N) is 1. The van der Waals surface area contributed by atoms with Crippen molar-refractivity contribution < 1.29 is 9.53 Å². The monoisotopic (exact) mass is 244 g/mol. The van der Waals surface area contributed by atoms with E-state index in [4.69, 9.17) is 4.74 Å². The third-order valence-electron chi connectivity index (χ3n) is 2.16. The maximum absolute atomic E-state index is 11.1. The van der Waals surface area contributed by atoms with Gasteiger partial charge in [0.25, 0.3) is 0 Å². The van der Waals surface area contributed by atoms with Gasteiger partial charge in [-0.1, -0.05) is 25.6 Å². The van der Waals surface area contributed by atoms with Gasteiger partial charge in [0.2, 0.25) is 0 Å². The first kappa shape index (κ1) is 13.4. The number of carbonyl (C=O) groups is 1. The van der Waals surface area contributed by atoms with Gasteiger partial charge >= 0.3 is 5.97 Å². The molecule has 1 atom stereocenters. The normalized spacial score (nSPS) is 22.5. The van der Waals surface area contributed by atoms with E-state index in [-0.39, 0.29) is 12.5 Å². The molecule has 1 rings (SSSR count). The molecule has 1 aliphatic heterocycles. The Kier molecular flexibility index (Phi) is 5.66. The zero-order chi connectivity index (χ0) is 12.0. The number of aliphatic imine (C=N–C) groups is 1. The van der Waals surface area contributed by atoms with E-state index < -0.39 is 0 Å². The van der Waals surface area contributed by atoms with Gasteiger partial charge in [-0.15, -0.1) is 0 Å². The van der Waals surface area contributed by atoms with Crippen LogP contribution < -0.4 is 5.32 Å². The Morgan fingerprint density at radius 1 is 1.69 bits per heavy atom. The summed E-state index contributed by atoms with van der Waals surface area (Å²) in [6.07, 6.45) is 1.14. The first-order valence-electron chi connectivity index (χ1n) is 5.71. The molecule has 1 fully saturated rings. The molecule has 0 aliphatic carbocycles. The molecule has 0 spiro atoms. The standard InChI is InChI=1S/C11H20N2O2S/c1-4-15-10(14)6-12-11-13-9(7-16-11)5-8(2)3/h8-9H,4-7H2,1-3H3,(H,12,13). The average Bonchev–Trinajstić information content (AvgIpc) is 2.62. The van der Waals surface area contributed by atoms with E-state index in [1.165, 1.54) is 0 Å². The quantitative estimate of drug-likeness (QED) is 0.747. The van der Waals surface area contributed by atoms with Crippen LogP contribution in [0.25, 0.3) is 0 Å². The molecular formula is C11H20N2O2S. The van der Waals surface area contributed by atoms with Crippen molar-refractivity contribution in [3.05, 3.63) is 0 Å². The van der Waals surface area contributed by atoms with Crippen molar-refractivity contribution in [2.45, 2.75) is 33.2 Å². The van der Waals surface area contributed by atoms with E-state index in [1.54, 1.807) is 18.7 Å². The first-order chi connectivity index (χ1) is 7.61. The summed E-state index contributed by atoms with van der Waals surface area (Å²) in [4.78, 5) is 15.3. The van der Waals surface area contributed by atoms with Crippen molar-refractivity contribution in [1.82, 2.24) is 5.32 Å². The fraction of sp³-hybridized carbons (Fsp3) is 0.818. The number of amidine groups is 1. The molecule has 1 heterocycles. The van der Waals surface area contributed by atoms with E-state index in [1.807, 2.05) is 0 Å². The smallest absolute Gasteiger partial charge is 0.327 e. The highest BCUT2D eigenvalue weighted by atomic mass is 32.2. The third kappa shape index (κ3) is 4.88. The molecule has 0 aromatic heterocycles. The van der Waals surface area contributed by atoms with Crippen LogP contribution in [0.15, 0.2) is 4.99 Å². The van der Waals surface area contributed by atoms with Crippen LogP contribution in [0.3, 0.4) is 0 Å². The topological polar surface area (TPSA) is 50.7 Å². The molecule has 1 N–H and O–H groups in total. The van der Waals surface area contributed by atoms with E-state index in [0.717, 1.165) is 17.3 Å². The van der Waals surface area contributed by atoms with Crippen LogP contribution in [0, 0.1) is 5.92 Å². The van der Waals surface area contributed by atoms with Crippen molar-refractivity contribution in [2.24, 2.45) is 10.9 Å². The summed E-state index contributed by atoms with van der Waals surface area (Å²) in [6.45, 7) is 6.75. The number of rotatable bonds is 5. The van der Waals surface area contributed by atoms with E-state index >= 15 is 0 Å². The van der Waals surface area contributed by atoms with E-state index in [0.29, 0.717) is 18.6 Å². The second kappa shape index (κ2) is 6.78. The molecular weight excluding hydrogens is 224 g/mol. The second-order valence-corrected chi connectivity index (χ2v) is 5.22. The maximum Gasteiger partial charge on any atom is 0.327 e. The van der Waals surface area contributed by atoms with Crippen molar-refractivity contribution in [3.63, 3.8) is 0 Å². The predicted octanol–water partition coefficient (Wildman–Crippen LogP) is 1.66. The SMILES string of the molecule is CCOC(=O)CN=C1NC(CC(C)C)CS1. The van der Waals surface area contributed by atoms with Crippen LogP contribution in [-0.4, -0.2) is 36.1 Å². The van der Waals surface area contributed by atoms with Crippen LogP contribution in [0.1, 0.15) is 27.2 Å². The fourth-order valence-electron chi connectivity index (χ4n) is 1.57. The van der Waals surface area contributed by atoms with Crippen LogP contribution in [0.2, 0.25) is 0 Å². The fourth-order valence-corrected chi connectivity index (χ4v) is 2.55. The molecule has 0 bridgehead atoms. The molecule has 1 aliphatic rings. The van der Waals surface area contributed by atoms with Crippen LogP contribution in [0.5, 0.6) is 0 Å². The Morgan fingerprint density at radius 2 is 2.44 bits per heavy atom. The summed E-state index contributed by atoms with van der Waals surface area (Å²) in [6, 6.07) is 0.492. The van der Waals surface area contributed by atoms with Gasteiger partial charge in [-0.3, -0.25) is 9.79 Å². The summed E-state index contributed by atoms with van der Waals surface area (Å²) < 4.78 is 4.81. The largest absolute Gasteiger partial charge is 0.465 e. The minimum atomic E-state index is -0.260. The summed E-state index contributed by atoms with van der Waals surface area (Å²) in [5, 5.41) is 4.20. The molecule has 92 valence electrons. The van der Waals surface area contributed by atoms with Gasteiger partial charge in [0, 0.05) is 11.8 Å². The molecule has 5 heteroatoms. The zero-order valence-corrected chi connectivity index (χ0v) is 11.0. The molecule has 0 amide bonds. The Labute approximate surface area is 101 Å². The Hall–Kier alpha value is -0.710. The van der Waals surface area contributed by atoms with Gasteiger partial charge in [0.05, 0.1) is 6.61 Å². The zero-order valence-electron chi connectivity index (χ0n) is 10.2. The highest BCUT2D eigenvalue weighted by molar-refractivity contribution is 8.14. The lowest BCUT2D eigenvalue weighted by Gasteiger charge is -2.11. The molecule has 0 radical (unpaired) electrons. The lowest BCUT2D eigenvalue weighted by molar-refractivity contribution is -0.141. The van der Waals surface area contributed by atoms with Gasteiger partial charge in [-0.25, -0.2) is 0 Å².